The fourth-order valence-corrected chi connectivity index (χ4v) is 3.69. The van der Waals surface area contributed by atoms with Crippen LogP contribution < -0.4 is 10.0 Å². The molecule has 1 aliphatic heterocycles. The smallest absolute Gasteiger partial charge is 0.261 e. The maximum atomic E-state index is 12.4. The van der Waals surface area contributed by atoms with Crippen molar-refractivity contribution < 1.29 is 18.0 Å². The molecule has 1 aliphatic rings. The van der Waals surface area contributed by atoms with Crippen LogP contribution in [-0.4, -0.2) is 38.2 Å². The Morgan fingerprint density at radius 3 is 2.08 bits per heavy atom. The first-order valence-corrected chi connectivity index (χ1v) is 9.51. The minimum absolute atomic E-state index is 0.108. The van der Waals surface area contributed by atoms with Gasteiger partial charge in [-0.3, -0.25) is 19.2 Å². The van der Waals surface area contributed by atoms with E-state index in [9.17, 15) is 18.0 Å². The number of carbonyl (C=O) groups is 2. The molecule has 1 atom stereocenters. The van der Waals surface area contributed by atoms with Crippen molar-refractivity contribution in [2.75, 3.05) is 17.1 Å². The summed E-state index contributed by atoms with van der Waals surface area (Å²) >= 11 is 0. The molecule has 0 bridgehead atoms. The van der Waals surface area contributed by atoms with Crippen LogP contribution in [0.25, 0.3) is 0 Å². The van der Waals surface area contributed by atoms with Gasteiger partial charge in [0.15, 0.2) is 0 Å². The Morgan fingerprint density at radius 1 is 0.962 bits per heavy atom. The van der Waals surface area contributed by atoms with Crippen molar-refractivity contribution >= 4 is 33.2 Å². The van der Waals surface area contributed by atoms with Crippen LogP contribution in [-0.2, 0) is 19.6 Å². The van der Waals surface area contributed by atoms with E-state index in [0.29, 0.717) is 11.4 Å². The quantitative estimate of drug-likeness (QED) is 0.781. The number of amides is 2. The van der Waals surface area contributed by atoms with Crippen LogP contribution in [0.3, 0.4) is 0 Å². The molecule has 1 fully saturated rings. The third-order valence-corrected chi connectivity index (χ3v) is 5.59. The lowest BCUT2D eigenvalue weighted by atomic mass is 10.2. The number of nitrogens with one attached hydrogen (secondary N) is 2. The molecule has 26 heavy (non-hydrogen) atoms. The second-order valence-electron chi connectivity index (χ2n) is 6.19. The highest BCUT2D eigenvalue weighted by atomic mass is 32.2. The van der Waals surface area contributed by atoms with Gasteiger partial charge in [-0.25, -0.2) is 8.42 Å². The third kappa shape index (κ3) is 3.70. The molecule has 3 rings (SSSR count). The van der Waals surface area contributed by atoms with E-state index in [4.69, 9.17) is 0 Å². The number of likely N-dealkylation sites (N-methyl/N-ethyl adjacent to an activating group) is 1. The number of anilines is 2. The second kappa shape index (κ2) is 6.80. The standard InChI is InChI=1S/C18H19N3O4S/c1-12-3-9-15(10-4-12)26(24,25)20-14-7-5-13(6-8-14)19-16-11-17(22)21(2)18(16)23/h3-10,16,19-20H,11H2,1-2H3. The van der Waals surface area contributed by atoms with Gasteiger partial charge < -0.3 is 5.32 Å². The van der Waals surface area contributed by atoms with Crippen LogP contribution in [0.4, 0.5) is 11.4 Å². The Kier molecular flexibility index (Phi) is 4.69. The van der Waals surface area contributed by atoms with Gasteiger partial charge in [-0.1, -0.05) is 17.7 Å². The lowest BCUT2D eigenvalue weighted by Crippen LogP contribution is -2.31. The average Bonchev–Trinajstić information content (AvgIpc) is 2.84. The number of likely N-dealkylation sites (tertiary alicyclic amines) is 1. The Hall–Kier alpha value is -2.87. The molecule has 1 saturated heterocycles. The van der Waals surface area contributed by atoms with Gasteiger partial charge in [0.25, 0.3) is 15.9 Å². The molecule has 8 heteroatoms. The largest absolute Gasteiger partial charge is 0.373 e. The van der Waals surface area contributed by atoms with Crippen LogP contribution in [0, 0.1) is 6.92 Å². The van der Waals surface area contributed by atoms with E-state index in [-0.39, 0.29) is 23.1 Å². The fourth-order valence-electron chi connectivity index (χ4n) is 2.64. The minimum Gasteiger partial charge on any atom is -0.373 e. The zero-order chi connectivity index (χ0) is 18.9. The molecule has 0 saturated carbocycles. The number of nitrogens with zero attached hydrogens (tertiary/aromatic N) is 1. The highest BCUT2D eigenvalue weighted by molar-refractivity contribution is 7.92. The Labute approximate surface area is 152 Å². The summed E-state index contributed by atoms with van der Waals surface area (Å²) in [6.07, 6.45) is 0.108. The number of benzene rings is 2. The third-order valence-electron chi connectivity index (χ3n) is 4.19. The molecule has 0 radical (unpaired) electrons. The molecule has 0 aromatic heterocycles. The summed E-state index contributed by atoms with van der Waals surface area (Å²) in [5.74, 6) is -0.505. The number of rotatable bonds is 5. The number of imide groups is 1. The summed E-state index contributed by atoms with van der Waals surface area (Å²) in [4.78, 5) is 24.7. The van der Waals surface area contributed by atoms with Crippen LogP contribution in [0.1, 0.15) is 12.0 Å². The molecule has 2 aromatic rings. The summed E-state index contributed by atoms with van der Waals surface area (Å²) in [6, 6.07) is 12.5. The molecule has 2 amide bonds. The highest BCUT2D eigenvalue weighted by Crippen LogP contribution is 2.21. The van der Waals surface area contributed by atoms with E-state index in [1.807, 2.05) is 6.92 Å². The SMILES string of the molecule is Cc1ccc(S(=O)(=O)Nc2ccc(NC3CC(=O)N(C)C3=O)cc2)cc1. The van der Waals surface area contributed by atoms with Crippen molar-refractivity contribution in [2.45, 2.75) is 24.3 Å². The van der Waals surface area contributed by atoms with Gasteiger partial charge in [0.2, 0.25) is 5.91 Å². The number of carbonyl (C=O) groups excluding carboxylic acids is 2. The molecule has 2 aromatic carbocycles. The van der Waals surface area contributed by atoms with Gasteiger partial charge in [0.05, 0.1) is 11.3 Å². The average molecular weight is 373 g/mol. The molecule has 0 spiro atoms. The first-order valence-electron chi connectivity index (χ1n) is 8.03. The van der Waals surface area contributed by atoms with E-state index < -0.39 is 16.1 Å². The zero-order valence-corrected chi connectivity index (χ0v) is 15.2. The Bertz CT molecular complexity index is 937. The molecule has 1 heterocycles. The normalized spacial score (nSPS) is 17.5. The van der Waals surface area contributed by atoms with Crippen molar-refractivity contribution in [2.24, 2.45) is 0 Å². The monoisotopic (exact) mass is 373 g/mol. The van der Waals surface area contributed by atoms with Gasteiger partial charge >= 0.3 is 0 Å². The number of aryl methyl sites for hydroxylation is 1. The Morgan fingerprint density at radius 2 is 1.54 bits per heavy atom. The van der Waals surface area contributed by atoms with Crippen molar-refractivity contribution in [1.29, 1.82) is 0 Å². The molecule has 1 unspecified atom stereocenters. The van der Waals surface area contributed by atoms with Gasteiger partial charge in [0, 0.05) is 18.4 Å². The van der Waals surface area contributed by atoms with Crippen LogP contribution in [0.5, 0.6) is 0 Å². The maximum absolute atomic E-state index is 12.4. The van der Waals surface area contributed by atoms with Crippen molar-refractivity contribution in [1.82, 2.24) is 4.90 Å². The number of hydrogen-bond donors (Lipinski definition) is 2. The molecule has 136 valence electrons. The summed E-state index contributed by atoms with van der Waals surface area (Å²) in [5.41, 5.74) is 2.01. The van der Waals surface area contributed by atoms with Crippen LogP contribution in [0.15, 0.2) is 53.4 Å². The van der Waals surface area contributed by atoms with Crippen molar-refractivity contribution in [3.05, 3.63) is 54.1 Å². The lowest BCUT2D eigenvalue weighted by Gasteiger charge is -2.13. The predicted octanol–water partition coefficient (Wildman–Crippen LogP) is 1.97. The van der Waals surface area contributed by atoms with Crippen molar-refractivity contribution in [3.8, 4) is 0 Å². The van der Waals surface area contributed by atoms with Gasteiger partial charge in [0.1, 0.15) is 6.04 Å². The molecular formula is C18H19N3O4S. The van der Waals surface area contributed by atoms with E-state index in [1.54, 1.807) is 48.5 Å². The van der Waals surface area contributed by atoms with Gasteiger partial charge in [-0.15, -0.1) is 0 Å². The maximum Gasteiger partial charge on any atom is 0.261 e. The van der Waals surface area contributed by atoms with Crippen LogP contribution >= 0.6 is 0 Å². The summed E-state index contributed by atoms with van der Waals surface area (Å²) in [7, 11) is -2.21. The second-order valence-corrected chi connectivity index (χ2v) is 7.87. The van der Waals surface area contributed by atoms with Crippen molar-refractivity contribution in [3.63, 3.8) is 0 Å². The number of hydrogen-bond acceptors (Lipinski definition) is 5. The van der Waals surface area contributed by atoms with E-state index >= 15 is 0 Å². The summed E-state index contributed by atoms with van der Waals surface area (Å²) < 4.78 is 27.3. The lowest BCUT2D eigenvalue weighted by molar-refractivity contribution is -0.136. The zero-order valence-electron chi connectivity index (χ0n) is 14.4. The van der Waals surface area contributed by atoms with E-state index in [1.165, 1.54) is 7.05 Å². The topological polar surface area (TPSA) is 95.6 Å². The van der Waals surface area contributed by atoms with Gasteiger partial charge in [-0.05, 0) is 43.3 Å². The molecule has 0 aliphatic carbocycles. The fraction of sp³-hybridized carbons (Fsp3) is 0.222. The summed E-state index contributed by atoms with van der Waals surface area (Å²) in [5, 5.41) is 2.99. The minimum atomic E-state index is -3.66. The summed E-state index contributed by atoms with van der Waals surface area (Å²) in [6.45, 7) is 1.88. The highest BCUT2D eigenvalue weighted by Gasteiger charge is 2.35. The van der Waals surface area contributed by atoms with Crippen LogP contribution in [0.2, 0.25) is 0 Å². The van der Waals surface area contributed by atoms with E-state index in [0.717, 1.165) is 10.5 Å². The first kappa shape index (κ1) is 17.9. The molecule has 7 nitrogen and oxygen atoms in total. The predicted molar refractivity (Wildman–Crippen MR) is 98.2 cm³/mol. The molecule has 2 N–H and O–H groups in total. The molecular weight excluding hydrogens is 354 g/mol. The first-order chi connectivity index (χ1) is 12.3. The van der Waals surface area contributed by atoms with Gasteiger partial charge in [-0.2, -0.15) is 0 Å². The Balaban J connectivity index is 1.69. The number of sulfonamides is 1. The van der Waals surface area contributed by atoms with E-state index in [2.05, 4.69) is 10.0 Å².